The lowest BCUT2D eigenvalue weighted by Gasteiger charge is -2.10. The van der Waals surface area contributed by atoms with Crippen LogP contribution in [0.25, 0.3) is 6.08 Å². The van der Waals surface area contributed by atoms with Gasteiger partial charge in [-0.2, -0.15) is 0 Å². The number of rotatable bonds is 5. The summed E-state index contributed by atoms with van der Waals surface area (Å²) < 4.78 is 32.4. The zero-order chi connectivity index (χ0) is 16.8. The van der Waals surface area contributed by atoms with Gasteiger partial charge in [0.05, 0.1) is 12.9 Å². The summed E-state index contributed by atoms with van der Waals surface area (Å²) in [6.45, 7) is 2.30. The highest BCUT2D eigenvalue weighted by molar-refractivity contribution is 6.31. The summed E-state index contributed by atoms with van der Waals surface area (Å²) in [6.07, 6.45) is 3.01. The number of hydrogen-bond donors (Lipinski definition) is 1. The molecule has 2 aromatic rings. The largest absolute Gasteiger partial charge is 0.501 e. The van der Waals surface area contributed by atoms with Crippen LogP contribution in [0.1, 0.15) is 22.8 Å². The topological polar surface area (TPSA) is 38.3 Å². The van der Waals surface area contributed by atoms with Crippen LogP contribution in [-0.2, 0) is 4.74 Å². The fourth-order valence-corrected chi connectivity index (χ4v) is 2.06. The summed E-state index contributed by atoms with van der Waals surface area (Å²) in [4.78, 5) is 12.3. The average Bonchev–Trinajstić information content (AvgIpc) is 2.52. The molecule has 1 amide bonds. The molecule has 2 aromatic carbocycles. The fraction of sp³-hybridized carbons (Fsp3) is 0.118. The SMILES string of the molecule is CCO/C=C/c1ccc(Cl)cc1C(=O)Nc1c(F)cccc1F. The van der Waals surface area contributed by atoms with Crippen LogP contribution in [0.15, 0.2) is 42.7 Å². The van der Waals surface area contributed by atoms with E-state index in [1.54, 1.807) is 18.2 Å². The summed E-state index contributed by atoms with van der Waals surface area (Å²) in [5.41, 5.74) is 0.186. The Morgan fingerprint density at radius 3 is 2.61 bits per heavy atom. The van der Waals surface area contributed by atoms with Gasteiger partial charge in [0.25, 0.3) is 5.91 Å². The van der Waals surface area contributed by atoms with Crippen LogP contribution in [0.5, 0.6) is 0 Å². The van der Waals surface area contributed by atoms with E-state index in [2.05, 4.69) is 5.32 Å². The fourth-order valence-electron chi connectivity index (χ4n) is 1.89. The summed E-state index contributed by atoms with van der Waals surface area (Å²) >= 11 is 5.90. The number of anilines is 1. The highest BCUT2D eigenvalue weighted by Gasteiger charge is 2.16. The first-order chi connectivity index (χ1) is 11.0. The molecule has 0 radical (unpaired) electrons. The van der Waals surface area contributed by atoms with Gasteiger partial charge in [0.1, 0.15) is 17.3 Å². The van der Waals surface area contributed by atoms with Crippen LogP contribution in [0, 0.1) is 11.6 Å². The van der Waals surface area contributed by atoms with Crippen molar-refractivity contribution in [3.63, 3.8) is 0 Å². The molecule has 0 heterocycles. The molecule has 0 fully saturated rings. The number of carbonyl (C=O) groups is 1. The Hall–Kier alpha value is -2.40. The lowest BCUT2D eigenvalue weighted by molar-refractivity contribution is 0.102. The Morgan fingerprint density at radius 1 is 1.26 bits per heavy atom. The van der Waals surface area contributed by atoms with Crippen molar-refractivity contribution in [1.82, 2.24) is 0 Å². The minimum Gasteiger partial charge on any atom is -0.501 e. The van der Waals surface area contributed by atoms with Crippen LogP contribution in [-0.4, -0.2) is 12.5 Å². The predicted molar refractivity (Wildman–Crippen MR) is 86.4 cm³/mol. The average molecular weight is 338 g/mol. The lowest BCUT2D eigenvalue weighted by atomic mass is 10.1. The third kappa shape index (κ3) is 4.29. The van der Waals surface area contributed by atoms with Crippen molar-refractivity contribution in [1.29, 1.82) is 0 Å². The number of amides is 1. The van der Waals surface area contributed by atoms with Crippen LogP contribution < -0.4 is 5.32 Å². The number of para-hydroxylation sites is 1. The van der Waals surface area contributed by atoms with E-state index in [4.69, 9.17) is 16.3 Å². The zero-order valence-electron chi connectivity index (χ0n) is 12.3. The summed E-state index contributed by atoms with van der Waals surface area (Å²) in [5, 5.41) is 2.56. The molecule has 0 bridgehead atoms. The van der Waals surface area contributed by atoms with Gasteiger partial charge in [-0.3, -0.25) is 4.79 Å². The quantitative estimate of drug-likeness (QED) is 0.790. The Labute approximate surface area is 137 Å². The van der Waals surface area contributed by atoms with Crippen LogP contribution >= 0.6 is 11.6 Å². The molecule has 0 unspecified atom stereocenters. The van der Waals surface area contributed by atoms with Gasteiger partial charge >= 0.3 is 0 Å². The Bertz CT molecular complexity index is 727. The zero-order valence-corrected chi connectivity index (χ0v) is 13.0. The minimum absolute atomic E-state index is 0.177. The standard InChI is InChI=1S/C17H14ClF2NO2/c1-2-23-9-8-11-6-7-12(18)10-13(11)17(22)21-16-14(19)4-3-5-15(16)20/h3-10H,2H2,1H3,(H,21,22)/b9-8+. The van der Waals surface area contributed by atoms with Gasteiger partial charge in [0.15, 0.2) is 0 Å². The van der Waals surface area contributed by atoms with Crippen LogP contribution in [0.2, 0.25) is 5.02 Å². The van der Waals surface area contributed by atoms with E-state index in [0.29, 0.717) is 17.2 Å². The molecule has 0 aliphatic rings. The van der Waals surface area contributed by atoms with Gasteiger partial charge in [-0.15, -0.1) is 0 Å². The molecule has 0 aliphatic heterocycles. The second-order valence-electron chi connectivity index (χ2n) is 4.54. The Balaban J connectivity index is 2.33. The van der Waals surface area contributed by atoms with E-state index < -0.39 is 23.2 Å². The highest BCUT2D eigenvalue weighted by Crippen LogP contribution is 2.22. The van der Waals surface area contributed by atoms with Gasteiger partial charge in [0, 0.05) is 10.6 Å². The van der Waals surface area contributed by atoms with Crippen LogP contribution in [0.3, 0.4) is 0 Å². The molecular weight excluding hydrogens is 324 g/mol. The molecular formula is C17H14ClF2NO2. The number of benzene rings is 2. The van der Waals surface area contributed by atoms with E-state index in [-0.39, 0.29) is 5.56 Å². The number of nitrogens with one attached hydrogen (secondary N) is 1. The highest BCUT2D eigenvalue weighted by atomic mass is 35.5. The molecule has 0 atom stereocenters. The number of halogens is 3. The van der Waals surface area contributed by atoms with Gasteiger partial charge in [0.2, 0.25) is 0 Å². The van der Waals surface area contributed by atoms with Crippen molar-refractivity contribution in [2.24, 2.45) is 0 Å². The van der Waals surface area contributed by atoms with Crippen molar-refractivity contribution in [2.75, 3.05) is 11.9 Å². The molecule has 23 heavy (non-hydrogen) atoms. The molecule has 2 rings (SSSR count). The van der Waals surface area contributed by atoms with Crippen molar-refractivity contribution >= 4 is 29.3 Å². The molecule has 0 saturated heterocycles. The van der Waals surface area contributed by atoms with E-state index >= 15 is 0 Å². The van der Waals surface area contributed by atoms with Crippen molar-refractivity contribution in [3.8, 4) is 0 Å². The molecule has 120 valence electrons. The Kier molecular flexibility index (Phi) is 5.71. The van der Waals surface area contributed by atoms with Crippen LogP contribution in [0.4, 0.5) is 14.5 Å². The predicted octanol–water partition coefficient (Wildman–Crippen LogP) is 4.88. The first-order valence-electron chi connectivity index (χ1n) is 6.86. The normalized spacial score (nSPS) is 10.8. The third-order valence-corrected chi connectivity index (χ3v) is 3.21. The number of ether oxygens (including phenoxy) is 1. The van der Waals surface area contributed by atoms with E-state index in [9.17, 15) is 13.6 Å². The molecule has 0 aliphatic carbocycles. The van der Waals surface area contributed by atoms with Gasteiger partial charge in [-0.05, 0) is 42.8 Å². The molecule has 0 saturated carbocycles. The first kappa shape index (κ1) is 17.0. The first-order valence-corrected chi connectivity index (χ1v) is 7.23. The second-order valence-corrected chi connectivity index (χ2v) is 4.98. The van der Waals surface area contributed by atoms with E-state index in [0.717, 1.165) is 12.1 Å². The summed E-state index contributed by atoms with van der Waals surface area (Å²) in [7, 11) is 0. The van der Waals surface area contributed by atoms with E-state index in [1.165, 1.54) is 18.4 Å². The third-order valence-electron chi connectivity index (χ3n) is 2.97. The molecule has 0 spiro atoms. The molecule has 1 N–H and O–H groups in total. The van der Waals surface area contributed by atoms with Crippen molar-refractivity contribution < 1.29 is 18.3 Å². The monoisotopic (exact) mass is 337 g/mol. The summed E-state index contributed by atoms with van der Waals surface area (Å²) in [5.74, 6) is -2.38. The molecule has 3 nitrogen and oxygen atoms in total. The van der Waals surface area contributed by atoms with Gasteiger partial charge in [-0.25, -0.2) is 8.78 Å². The minimum atomic E-state index is -0.855. The van der Waals surface area contributed by atoms with Gasteiger partial charge in [-0.1, -0.05) is 23.7 Å². The maximum Gasteiger partial charge on any atom is 0.256 e. The number of carbonyl (C=O) groups excluding carboxylic acids is 1. The number of hydrogen-bond acceptors (Lipinski definition) is 2. The lowest BCUT2D eigenvalue weighted by Crippen LogP contribution is -2.15. The van der Waals surface area contributed by atoms with Gasteiger partial charge < -0.3 is 10.1 Å². The Morgan fingerprint density at radius 2 is 1.96 bits per heavy atom. The smallest absolute Gasteiger partial charge is 0.256 e. The second kappa shape index (κ2) is 7.74. The molecule has 0 aromatic heterocycles. The molecule has 6 heteroatoms. The maximum atomic E-state index is 13.6. The van der Waals surface area contributed by atoms with E-state index in [1.807, 2.05) is 6.92 Å². The summed E-state index contributed by atoms with van der Waals surface area (Å²) in [6, 6.07) is 7.98. The maximum absolute atomic E-state index is 13.6. The van der Waals surface area contributed by atoms with Crippen molar-refractivity contribution in [3.05, 3.63) is 70.4 Å². The van der Waals surface area contributed by atoms with Crippen molar-refractivity contribution in [2.45, 2.75) is 6.92 Å².